The molecule has 1 heterocycles. The van der Waals surface area contributed by atoms with Crippen molar-refractivity contribution in [2.45, 2.75) is 37.8 Å². The Bertz CT molecular complexity index is 585. The molecule has 1 aliphatic heterocycles. The number of aliphatic hydroxyl groups excluding tert-OH is 1. The first-order valence-corrected chi connectivity index (χ1v) is 7.63. The zero-order chi connectivity index (χ0) is 14.8. The summed E-state index contributed by atoms with van der Waals surface area (Å²) in [5, 5.41) is 13.5. The maximum Gasteiger partial charge on any atom is 0.250 e. The normalized spacial score (nSPS) is 24.6. The van der Waals surface area contributed by atoms with Crippen molar-refractivity contribution in [1.29, 1.82) is 0 Å². The highest BCUT2D eigenvalue weighted by atomic mass is 35.5. The van der Waals surface area contributed by atoms with E-state index < -0.39 is 6.10 Å². The first-order chi connectivity index (χ1) is 10.1. The number of amides is 1. The standard InChI is InChI=1S/C16H18ClNO3/c17-12-5-6-15-10(8-12)7-11(9-21-15)16(20)18-13-3-1-2-4-14(13)19/h5-8,13-14,19H,1-4,9H2,(H,18,20)/t13-,14-/m0/s1. The number of ether oxygens (including phenoxy) is 1. The van der Waals surface area contributed by atoms with Gasteiger partial charge in [0.1, 0.15) is 12.4 Å². The quantitative estimate of drug-likeness (QED) is 0.883. The molecule has 3 rings (SSSR count). The number of benzene rings is 1. The fourth-order valence-electron chi connectivity index (χ4n) is 2.82. The molecule has 0 spiro atoms. The van der Waals surface area contributed by atoms with Gasteiger partial charge in [-0.25, -0.2) is 0 Å². The number of rotatable bonds is 2. The van der Waals surface area contributed by atoms with Crippen molar-refractivity contribution in [1.82, 2.24) is 5.32 Å². The van der Waals surface area contributed by atoms with Crippen LogP contribution < -0.4 is 10.1 Å². The summed E-state index contributed by atoms with van der Waals surface area (Å²) in [5.74, 6) is 0.556. The molecule has 112 valence electrons. The Kier molecular flexibility index (Phi) is 4.17. The minimum absolute atomic E-state index is 0.159. The van der Waals surface area contributed by atoms with Crippen LogP contribution in [0.4, 0.5) is 0 Å². The molecule has 2 atom stereocenters. The molecule has 0 aromatic heterocycles. The van der Waals surface area contributed by atoms with E-state index in [1.807, 2.05) is 0 Å². The summed E-state index contributed by atoms with van der Waals surface area (Å²) in [6, 6.07) is 5.18. The van der Waals surface area contributed by atoms with E-state index in [0.29, 0.717) is 10.6 Å². The van der Waals surface area contributed by atoms with Gasteiger partial charge in [-0.05, 0) is 37.1 Å². The van der Waals surface area contributed by atoms with E-state index in [1.54, 1.807) is 24.3 Å². The van der Waals surface area contributed by atoms with E-state index in [1.165, 1.54) is 0 Å². The first kappa shape index (κ1) is 14.4. The summed E-state index contributed by atoms with van der Waals surface area (Å²) in [6.45, 7) is 0.239. The fraction of sp³-hybridized carbons (Fsp3) is 0.438. The molecule has 0 saturated heterocycles. The van der Waals surface area contributed by atoms with E-state index in [4.69, 9.17) is 16.3 Å². The number of nitrogens with one attached hydrogen (secondary N) is 1. The zero-order valence-electron chi connectivity index (χ0n) is 11.6. The van der Waals surface area contributed by atoms with Crippen LogP contribution in [0.3, 0.4) is 0 Å². The molecule has 4 nitrogen and oxygen atoms in total. The Morgan fingerprint density at radius 1 is 1.33 bits per heavy atom. The molecular formula is C16H18ClNO3. The SMILES string of the molecule is O=C(N[C@H]1CCCC[C@@H]1O)C1=Cc2cc(Cl)ccc2OC1. The van der Waals surface area contributed by atoms with E-state index in [2.05, 4.69) is 5.32 Å². The van der Waals surface area contributed by atoms with Gasteiger partial charge >= 0.3 is 0 Å². The van der Waals surface area contributed by atoms with Gasteiger partial charge in [-0.2, -0.15) is 0 Å². The summed E-state index contributed by atoms with van der Waals surface area (Å²) in [5.41, 5.74) is 1.37. The third-order valence-corrected chi connectivity index (χ3v) is 4.26. The third-order valence-electron chi connectivity index (χ3n) is 4.02. The second-order valence-electron chi connectivity index (χ2n) is 5.57. The zero-order valence-corrected chi connectivity index (χ0v) is 12.4. The van der Waals surface area contributed by atoms with Crippen LogP contribution in [-0.2, 0) is 4.79 Å². The van der Waals surface area contributed by atoms with Crippen LogP contribution in [0.1, 0.15) is 31.2 Å². The lowest BCUT2D eigenvalue weighted by molar-refractivity contribution is -0.119. The highest BCUT2D eigenvalue weighted by molar-refractivity contribution is 6.30. The van der Waals surface area contributed by atoms with Gasteiger partial charge < -0.3 is 15.2 Å². The molecule has 1 amide bonds. The molecule has 1 saturated carbocycles. The minimum atomic E-state index is -0.450. The monoisotopic (exact) mass is 307 g/mol. The van der Waals surface area contributed by atoms with Crippen molar-refractivity contribution in [3.63, 3.8) is 0 Å². The lowest BCUT2D eigenvalue weighted by Gasteiger charge is -2.29. The van der Waals surface area contributed by atoms with Crippen LogP contribution >= 0.6 is 11.6 Å². The summed E-state index contributed by atoms with van der Waals surface area (Å²) < 4.78 is 5.58. The van der Waals surface area contributed by atoms with Crippen molar-refractivity contribution in [2.24, 2.45) is 0 Å². The third kappa shape index (κ3) is 3.22. The lowest BCUT2D eigenvalue weighted by atomic mass is 9.92. The van der Waals surface area contributed by atoms with Gasteiger partial charge in [0.2, 0.25) is 0 Å². The largest absolute Gasteiger partial charge is 0.488 e. The molecule has 1 aromatic rings. The molecule has 1 aromatic carbocycles. The average molecular weight is 308 g/mol. The van der Waals surface area contributed by atoms with Crippen molar-refractivity contribution in [3.8, 4) is 5.75 Å². The predicted octanol–water partition coefficient (Wildman–Crippen LogP) is 2.54. The van der Waals surface area contributed by atoms with Crippen LogP contribution in [0, 0.1) is 0 Å². The molecular weight excluding hydrogens is 290 g/mol. The number of carbonyl (C=O) groups excluding carboxylic acids is 1. The maximum atomic E-state index is 12.3. The van der Waals surface area contributed by atoms with E-state index in [0.717, 1.165) is 37.0 Å². The number of aliphatic hydroxyl groups is 1. The van der Waals surface area contributed by atoms with Gasteiger partial charge in [0.15, 0.2) is 0 Å². The number of hydrogen-bond acceptors (Lipinski definition) is 3. The minimum Gasteiger partial charge on any atom is -0.488 e. The number of fused-ring (bicyclic) bond motifs is 1. The second-order valence-corrected chi connectivity index (χ2v) is 6.01. The molecule has 1 fully saturated rings. The molecule has 1 aliphatic carbocycles. The van der Waals surface area contributed by atoms with Gasteiger partial charge in [-0.1, -0.05) is 24.4 Å². The first-order valence-electron chi connectivity index (χ1n) is 7.25. The van der Waals surface area contributed by atoms with Gasteiger partial charge in [-0.15, -0.1) is 0 Å². The molecule has 0 bridgehead atoms. The molecule has 5 heteroatoms. The molecule has 0 radical (unpaired) electrons. The smallest absolute Gasteiger partial charge is 0.250 e. The highest BCUT2D eigenvalue weighted by Crippen LogP contribution is 2.29. The van der Waals surface area contributed by atoms with Crippen LogP contribution in [0.25, 0.3) is 6.08 Å². The summed E-state index contributed by atoms with van der Waals surface area (Å²) >= 11 is 5.96. The summed E-state index contributed by atoms with van der Waals surface area (Å²) in [7, 11) is 0. The van der Waals surface area contributed by atoms with Gasteiger partial charge in [0.05, 0.1) is 17.7 Å². The topological polar surface area (TPSA) is 58.6 Å². The van der Waals surface area contributed by atoms with Gasteiger partial charge in [0, 0.05) is 10.6 Å². The van der Waals surface area contributed by atoms with Crippen LogP contribution in [-0.4, -0.2) is 29.8 Å². The fourth-order valence-corrected chi connectivity index (χ4v) is 3.00. The van der Waals surface area contributed by atoms with Crippen molar-refractivity contribution >= 4 is 23.6 Å². The van der Waals surface area contributed by atoms with Gasteiger partial charge in [-0.3, -0.25) is 4.79 Å². The Labute approximate surface area is 128 Å². The van der Waals surface area contributed by atoms with Crippen molar-refractivity contribution in [3.05, 3.63) is 34.4 Å². The van der Waals surface area contributed by atoms with Crippen LogP contribution in [0.5, 0.6) is 5.75 Å². The lowest BCUT2D eigenvalue weighted by Crippen LogP contribution is -2.46. The second kappa shape index (κ2) is 6.08. The molecule has 0 unspecified atom stereocenters. The number of carbonyl (C=O) groups is 1. The van der Waals surface area contributed by atoms with Crippen molar-refractivity contribution < 1.29 is 14.6 Å². The number of hydrogen-bond donors (Lipinski definition) is 2. The van der Waals surface area contributed by atoms with Crippen LogP contribution in [0.2, 0.25) is 5.02 Å². The van der Waals surface area contributed by atoms with E-state index in [9.17, 15) is 9.90 Å². The average Bonchev–Trinajstić information content (AvgIpc) is 2.48. The Balaban J connectivity index is 1.73. The Morgan fingerprint density at radius 2 is 2.14 bits per heavy atom. The number of halogens is 1. The van der Waals surface area contributed by atoms with E-state index in [-0.39, 0.29) is 18.6 Å². The Hall–Kier alpha value is -1.52. The van der Waals surface area contributed by atoms with Gasteiger partial charge in [0.25, 0.3) is 5.91 Å². The molecule has 2 aliphatic rings. The molecule has 21 heavy (non-hydrogen) atoms. The predicted molar refractivity (Wildman–Crippen MR) is 81.3 cm³/mol. The summed E-state index contributed by atoms with van der Waals surface area (Å²) in [4.78, 5) is 12.3. The van der Waals surface area contributed by atoms with Crippen molar-refractivity contribution in [2.75, 3.05) is 6.61 Å². The molecule has 2 N–H and O–H groups in total. The van der Waals surface area contributed by atoms with Crippen LogP contribution in [0.15, 0.2) is 23.8 Å². The highest BCUT2D eigenvalue weighted by Gasteiger charge is 2.26. The Morgan fingerprint density at radius 3 is 2.95 bits per heavy atom. The summed E-state index contributed by atoms with van der Waals surface area (Å²) in [6.07, 6.45) is 4.98. The van der Waals surface area contributed by atoms with E-state index >= 15 is 0 Å². The maximum absolute atomic E-state index is 12.3.